The van der Waals surface area contributed by atoms with Crippen molar-refractivity contribution in [3.8, 4) is 0 Å². The number of rotatable bonds is 2. The van der Waals surface area contributed by atoms with Gasteiger partial charge in [0.05, 0.1) is 13.2 Å². The lowest BCUT2D eigenvalue weighted by molar-refractivity contribution is -0.117. The second kappa shape index (κ2) is 6.25. The molecule has 1 amide bonds. The molecule has 0 aromatic heterocycles. The fourth-order valence-corrected chi connectivity index (χ4v) is 3.88. The zero-order valence-corrected chi connectivity index (χ0v) is 13.8. The minimum absolute atomic E-state index is 0.151. The minimum Gasteiger partial charge on any atom is -0.377 e. The SMILES string of the molecule is CC[C@H]1[C@H](C)Cc2cc(C3=CCOCC3)ccc2N1C(C)=O. The number of benzene rings is 1. The quantitative estimate of drug-likeness (QED) is 0.831. The van der Waals surface area contributed by atoms with Crippen LogP contribution in [-0.2, 0) is 16.0 Å². The molecule has 2 aliphatic heterocycles. The number of carbonyl (C=O) groups excluding carboxylic acids is 1. The molecule has 2 heterocycles. The van der Waals surface area contributed by atoms with Crippen LogP contribution in [0.2, 0.25) is 0 Å². The maximum atomic E-state index is 12.2. The van der Waals surface area contributed by atoms with Gasteiger partial charge in [-0.15, -0.1) is 0 Å². The average Bonchev–Trinajstić information content (AvgIpc) is 2.53. The number of anilines is 1. The lowest BCUT2D eigenvalue weighted by Crippen LogP contribution is -2.46. The standard InChI is InChI=1S/C19H25NO2/c1-4-18-13(2)11-17-12-16(15-7-9-22-10-8-15)5-6-19(17)20(18)14(3)21/h5-7,12-13,18H,4,8-11H2,1-3H3/t13-,18+/m1/s1. The molecule has 22 heavy (non-hydrogen) atoms. The number of carbonyl (C=O) groups is 1. The molecular weight excluding hydrogens is 274 g/mol. The Kier molecular flexibility index (Phi) is 4.34. The molecule has 1 aromatic rings. The van der Waals surface area contributed by atoms with Gasteiger partial charge in [0.2, 0.25) is 5.91 Å². The van der Waals surface area contributed by atoms with Gasteiger partial charge >= 0.3 is 0 Å². The van der Waals surface area contributed by atoms with E-state index in [0.29, 0.717) is 18.6 Å². The van der Waals surface area contributed by atoms with E-state index in [4.69, 9.17) is 4.74 Å². The summed E-state index contributed by atoms with van der Waals surface area (Å²) >= 11 is 0. The summed E-state index contributed by atoms with van der Waals surface area (Å²) in [5, 5.41) is 0. The number of hydrogen-bond acceptors (Lipinski definition) is 2. The molecule has 0 radical (unpaired) electrons. The molecule has 0 saturated heterocycles. The predicted molar refractivity (Wildman–Crippen MR) is 90.0 cm³/mol. The highest BCUT2D eigenvalue weighted by Gasteiger charge is 2.33. The zero-order chi connectivity index (χ0) is 15.7. The normalized spacial score (nSPS) is 24.7. The lowest BCUT2D eigenvalue weighted by atomic mass is 9.84. The third-order valence-electron chi connectivity index (χ3n) is 4.96. The van der Waals surface area contributed by atoms with E-state index in [1.165, 1.54) is 16.7 Å². The van der Waals surface area contributed by atoms with E-state index in [-0.39, 0.29) is 5.91 Å². The Balaban J connectivity index is 2.00. The number of fused-ring (bicyclic) bond motifs is 1. The molecule has 0 spiro atoms. The van der Waals surface area contributed by atoms with Gasteiger partial charge in [0.15, 0.2) is 0 Å². The largest absolute Gasteiger partial charge is 0.377 e. The second-order valence-corrected chi connectivity index (χ2v) is 6.44. The van der Waals surface area contributed by atoms with E-state index in [9.17, 15) is 4.79 Å². The smallest absolute Gasteiger partial charge is 0.224 e. The third kappa shape index (κ3) is 2.70. The van der Waals surface area contributed by atoms with Crippen LogP contribution in [0.15, 0.2) is 24.3 Å². The van der Waals surface area contributed by atoms with Gasteiger partial charge in [-0.2, -0.15) is 0 Å². The molecule has 0 bridgehead atoms. The van der Waals surface area contributed by atoms with Gasteiger partial charge in [0.1, 0.15) is 0 Å². The Hall–Kier alpha value is -1.61. The summed E-state index contributed by atoms with van der Waals surface area (Å²) < 4.78 is 5.40. The van der Waals surface area contributed by atoms with Gasteiger partial charge in [-0.1, -0.05) is 26.0 Å². The summed E-state index contributed by atoms with van der Waals surface area (Å²) in [6.45, 7) is 7.62. The van der Waals surface area contributed by atoms with E-state index in [2.05, 4.69) is 38.1 Å². The van der Waals surface area contributed by atoms with Gasteiger partial charge in [0.25, 0.3) is 0 Å². The first-order valence-corrected chi connectivity index (χ1v) is 8.31. The zero-order valence-electron chi connectivity index (χ0n) is 13.8. The van der Waals surface area contributed by atoms with Crippen LogP contribution in [0.3, 0.4) is 0 Å². The maximum Gasteiger partial charge on any atom is 0.224 e. The average molecular weight is 299 g/mol. The first-order valence-electron chi connectivity index (χ1n) is 8.31. The van der Waals surface area contributed by atoms with Crippen LogP contribution >= 0.6 is 0 Å². The number of ether oxygens (including phenoxy) is 1. The fourth-order valence-electron chi connectivity index (χ4n) is 3.88. The van der Waals surface area contributed by atoms with E-state index < -0.39 is 0 Å². The van der Waals surface area contributed by atoms with Crippen LogP contribution in [0.25, 0.3) is 5.57 Å². The first-order chi connectivity index (χ1) is 10.6. The maximum absolute atomic E-state index is 12.2. The van der Waals surface area contributed by atoms with Crippen molar-refractivity contribution in [3.05, 3.63) is 35.4 Å². The van der Waals surface area contributed by atoms with Crippen molar-refractivity contribution in [3.63, 3.8) is 0 Å². The monoisotopic (exact) mass is 299 g/mol. The van der Waals surface area contributed by atoms with Crippen molar-refractivity contribution >= 4 is 17.2 Å². The molecule has 118 valence electrons. The fraction of sp³-hybridized carbons (Fsp3) is 0.526. The number of amides is 1. The molecule has 0 unspecified atom stereocenters. The van der Waals surface area contributed by atoms with Crippen molar-refractivity contribution in [2.75, 3.05) is 18.1 Å². The van der Waals surface area contributed by atoms with Crippen molar-refractivity contribution in [1.29, 1.82) is 0 Å². The van der Waals surface area contributed by atoms with Crippen molar-refractivity contribution in [1.82, 2.24) is 0 Å². The molecule has 3 heteroatoms. The van der Waals surface area contributed by atoms with Gasteiger partial charge in [-0.05, 0) is 54.0 Å². The van der Waals surface area contributed by atoms with Crippen LogP contribution in [-0.4, -0.2) is 25.2 Å². The summed E-state index contributed by atoms with van der Waals surface area (Å²) in [5.41, 5.74) is 5.06. The second-order valence-electron chi connectivity index (χ2n) is 6.44. The van der Waals surface area contributed by atoms with Crippen molar-refractivity contribution in [2.45, 2.75) is 46.1 Å². The number of hydrogen-bond donors (Lipinski definition) is 0. The Labute approximate surface area is 133 Å². The molecule has 2 atom stereocenters. The molecular formula is C19H25NO2. The molecule has 0 aliphatic carbocycles. The summed E-state index contributed by atoms with van der Waals surface area (Å²) in [6, 6.07) is 6.90. The van der Waals surface area contributed by atoms with Crippen molar-refractivity contribution < 1.29 is 9.53 Å². The van der Waals surface area contributed by atoms with Gasteiger partial charge in [-0.3, -0.25) is 4.79 Å². The third-order valence-corrected chi connectivity index (χ3v) is 4.96. The van der Waals surface area contributed by atoms with Crippen LogP contribution in [0.1, 0.15) is 44.7 Å². The highest BCUT2D eigenvalue weighted by molar-refractivity contribution is 5.94. The van der Waals surface area contributed by atoms with Gasteiger partial charge in [0, 0.05) is 18.7 Å². The lowest BCUT2D eigenvalue weighted by Gasteiger charge is -2.40. The van der Waals surface area contributed by atoms with E-state index in [1.54, 1.807) is 6.92 Å². The van der Waals surface area contributed by atoms with E-state index in [1.807, 2.05) is 4.90 Å². The molecule has 3 rings (SSSR count). The molecule has 1 aromatic carbocycles. The Bertz CT molecular complexity index is 605. The molecule has 3 nitrogen and oxygen atoms in total. The van der Waals surface area contributed by atoms with Gasteiger partial charge < -0.3 is 9.64 Å². The molecule has 2 aliphatic rings. The van der Waals surface area contributed by atoms with E-state index >= 15 is 0 Å². The first kappa shape index (κ1) is 15.3. The Morgan fingerprint density at radius 3 is 2.86 bits per heavy atom. The molecule has 0 saturated carbocycles. The van der Waals surface area contributed by atoms with Crippen LogP contribution < -0.4 is 4.90 Å². The summed E-state index contributed by atoms with van der Waals surface area (Å²) in [5.74, 6) is 0.651. The molecule has 0 N–H and O–H groups in total. The predicted octanol–water partition coefficient (Wildman–Crippen LogP) is 3.81. The minimum atomic E-state index is 0.151. The van der Waals surface area contributed by atoms with E-state index in [0.717, 1.165) is 31.6 Å². The highest BCUT2D eigenvalue weighted by Crippen LogP contribution is 2.37. The van der Waals surface area contributed by atoms with Crippen LogP contribution in [0, 0.1) is 5.92 Å². The van der Waals surface area contributed by atoms with Gasteiger partial charge in [-0.25, -0.2) is 0 Å². The molecule has 0 fully saturated rings. The summed E-state index contributed by atoms with van der Waals surface area (Å²) in [4.78, 5) is 14.2. The Morgan fingerprint density at radius 1 is 1.41 bits per heavy atom. The topological polar surface area (TPSA) is 29.5 Å². The van der Waals surface area contributed by atoms with Crippen LogP contribution in [0.4, 0.5) is 5.69 Å². The summed E-state index contributed by atoms with van der Waals surface area (Å²) in [7, 11) is 0. The van der Waals surface area contributed by atoms with Crippen molar-refractivity contribution in [2.24, 2.45) is 5.92 Å². The highest BCUT2D eigenvalue weighted by atomic mass is 16.5. The Morgan fingerprint density at radius 2 is 2.23 bits per heavy atom. The number of nitrogens with zero attached hydrogens (tertiary/aromatic N) is 1. The summed E-state index contributed by atoms with van der Waals surface area (Å²) in [6.07, 6.45) is 5.21. The van der Waals surface area contributed by atoms with Crippen LogP contribution in [0.5, 0.6) is 0 Å².